The first-order valence-corrected chi connectivity index (χ1v) is 6.03. The third-order valence-corrected chi connectivity index (χ3v) is 2.67. The number of rotatable bonds is 4. The number of hydrogen-bond acceptors (Lipinski definition) is 2. The van der Waals surface area contributed by atoms with E-state index in [-0.39, 0.29) is 12.4 Å². The highest BCUT2D eigenvalue weighted by Gasteiger charge is 2.10. The van der Waals surface area contributed by atoms with E-state index in [0.717, 1.165) is 17.8 Å². The summed E-state index contributed by atoms with van der Waals surface area (Å²) < 4.78 is 14.8. The minimum absolute atomic E-state index is 0.0840. The number of aliphatic hydroxyl groups is 1. The molecule has 0 aliphatic rings. The molecule has 0 atom stereocenters. The second-order valence-electron chi connectivity index (χ2n) is 4.76. The molecule has 3 nitrogen and oxygen atoms in total. The van der Waals surface area contributed by atoms with Crippen LogP contribution in [0.3, 0.4) is 0 Å². The molecule has 2 rings (SSSR count). The summed E-state index contributed by atoms with van der Waals surface area (Å²) in [4.78, 5) is 0. The fourth-order valence-corrected chi connectivity index (χ4v) is 1.89. The van der Waals surface area contributed by atoms with E-state index in [9.17, 15) is 4.39 Å². The third-order valence-electron chi connectivity index (χ3n) is 2.67. The molecule has 1 aromatic carbocycles. The largest absolute Gasteiger partial charge is 0.390 e. The van der Waals surface area contributed by atoms with Crippen LogP contribution in [0.4, 0.5) is 4.39 Å². The van der Waals surface area contributed by atoms with Crippen molar-refractivity contribution in [1.82, 2.24) is 9.78 Å². The molecular weight excluding hydrogens is 231 g/mol. The number of benzene rings is 1. The van der Waals surface area contributed by atoms with E-state index < -0.39 is 0 Å². The van der Waals surface area contributed by atoms with Gasteiger partial charge < -0.3 is 5.11 Å². The molecule has 0 spiro atoms. The van der Waals surface area contributed by atoms with Gasteiger partial charge in [-0.1, -0.05) is 13.8 Å². The Morgan fingerprint density at radius 3 is 2.50 bits per heavy atom. The maximum absolute atomic E-state index is 12.9. The van der Waals surface area contributed by atoms with E-state index in [1.165, 1.54) is 12.1 Å². The zero-order valence-electron chi connectivity index (χ0n) is 10.6. The van der Waals surface area contributed by atoms with Crippen LogP contribution in [0.1, 0.15) is 19.5 Å². The van der Waals surface area contributed by atoms with Crippen LogP contribution in [-0.2, 0) is 13.2 Å². The molecule has 0 saturated heterocycles. The summed E-state index contributed by atoms with van der Waals surface area (Å²) in [5, 5.41) is 13.5. The zero-order chi connectivity index (χ0) is 13.1. The number of aromatic nitrogens is 2. The van der Waals surface area contributed by atoms with Crippen molar-refractivity contribution in [2.45, 2.75) is 27.0 Å². The lowest BCUT2D eigenvalue weighted by atomic mass is 10.1. The Bertz CT molecular complexity index is 517. The number of halogens is 1. The topological polar surface area (TPSA) is 38.0 Å². The van der Waals surface area contributed by atoms with Crippen LogP contribution in [0.15, 0.2) is 30.3 Å². The first kappa shape index (κ1) is 12.8. The van der Waals surface area contributed by atoms with Crippen LogP contribution in [0.25, 0.3) is 11.3 Å². The van der Waals surface area contributed by atoms with E-state index >= 15 is 0 Å². The van der Waals surface area contributed by atoms with Crippen LogP contribution >= 0.6 is 0 Å². The van der Waals surface area contributed by atoms with Crippen molar-refractivity contribution >= 4 is 0 Å². The second kappa shape index (κ2) is 5.31. The lowest BCUT2D eigenvalue weighted by molar-refractivity contribution is 0.274. The Kier molecular flexibility index (Phi) is 3.77. The normalized spacial score (nSPS) is 11.2. The van der Waals surface area contributed by atoms with Gasteiger partial charge in [0.25, 0.3) is 0 Å². The van der Waals surface area contributed by atoms with E-state index in [4.69, 9.17) is 5.11 Å². The predicted molar refractivity (Wildman–Crippen MR) is 68.4 cm³/mol. The smallest absolute Gasteiger partial charge is 0.123 e. The summed E-state index contributed by atoms with van der Waals surface area (Å²) in [6.07, 6.45) is 0. The first-order chi connectivity index (χ1) is 8.60. The molecule has 96 valence electrons. The maximum atomic E-state index is 12.9. The van der Waals surface area contributed by atoms with Gasteiger partial charge in [-0.05, 0) is 41.8 Å². The van der Waals surface area contributed by atoms with Gasteiger partial charge in [-0.15, -0.1) is 0 Å². The third kappa shape index (κ3) is 2.76. The van der Waals surface area contributed by atoms with Crippen LogP contribution < -0.4 is 0 Å². The average molecular weight is 248 g/mol. The average Bonchev–Trinajstić information content (AvgIpc) is 2.72. The van der Waals surface area contributed by atoms with Crippen molar-refractivity contribution in [2.24, 2.45) is 5.92 Å². The van der Waals surface area contributed by atoms with Gasteiger partial charge in [-0.25, -0.2) is 4.39 Å². The minimum Gasteiger partial charge on any atom is -0.390 e. The Morgan fingerprint density at radius 2 is 1.94 bits per heavy atom. The minimum atomic E-state index is -0.254. The number of hydrogen-bond donors (Lipinski definition) is 1. The molecule has 18 heavy (non-hydrogen) atoms. The quantitative estimate of drug-likeness (QED) is 0.903. The van der Waals surface area contributed by atoms with Crippen LogP contribution in [-0.4, -0.2) is 14.9 Å². The summed E-state index contributed by atoms with van der Waals surface area (Å²) in [6.45, 7) is 4.90. The Hall–Kier alpha value is -1.68. The lowest BCUT2D eigenvalue weighted by Crippen LogP contribution is -2.08. The maximum Gasteiger partial charge on any atom is 0.123 e. The standard InChI is InChI=1S/C14H17FN2O/c1-10(2)8-17-14(7-13(9-18)16-17)11-3-5-12(15)6-4-11/h3-7,10,18H,8-9H2,1-2H3. The van der Waals surface area contributed by atoms with Gasteiger partial charge >= 0.3 is 0 Å². The number of nitrogens with zero attached hydrogens (tertiary/aromatic N) is 2. The Morgan fingerprint density at radius 1 is 1.28 bits per heavy atom. The lowest BCUT2D eigenvalue weighted by Gasteiger charge is -2.09. The molecule has 0 amide bonds. The van der Waals surface area contributed by atoms with Crippen LogP contribution in [0.5, 0.6) is 0 Å². The summed E-state index contributed by atoms with van der Waals surface area (Å²) in [5.41, 5.74) is 2.45. The molecule has 0 radical (unpaired) electrons. The molecule has 0 bridgehead atoms. The first-order valence-electron chi connectivity index (χ1n) is 6.03. The van der Waals surface area contributed by atoms with E-state index in [2.05, 4.69) is 18.9 Å². The molecular formula is C14H17FN2O. The van der Waals surface area contributed by atoms with Gasteiger partial charge in [0.1, 0.15) is 5.82 Å². The Labute approximate surface area is 106 Å². The number of aliphatic hydroxyl groups excluding tert-OH is 1. The summed E-state index contributed by atoms with van der Waals surface area (Å²) >= 11 is 0. The second-order valence-corrected chi connectivity index (χ2v) is 4.76. The molecule has 0 fully saturated rings. The molecule has 1 N–H and O–H groups in total. The highest BCUT2D eigenvalue weighted by Crippen LogP contribution is 2.22. The monoisotopic (exact) mass is 248 g/mol. The van der Waals surface area contributed by atoms with Crippen LogP contribution in [0.2, 0.25) is 0 Å². The molecule has 0 aliphatic heterocycles. The molecule has 0 unspecified atom stereocenters. The van der Waals surface area contributed by atoms with E-state index in [1.54, 1.807) is 12.1 Å². The fourth-order valence-electron chi connectivity index (χ4n) is 1.89. The summed E-state index contributed by atoms with van der Waals surface area (Å²) in [7, 11) is 0. The molecule has 2 aromatic rings. The summed E-state index contributed by atoms with van der Waals surface area (Å²) in [6, 6.07) is 8.16. The van der Waals surface area contributed by atoms with Crippen LogP contribution in [0, 0.1) is 11.7 Å². The van der Waals surface area contributed by atoms with Crippen molar-refractivity contribution in [2.75, 3.05) is 0 Å². The SMILES string of the molecule is CC(C)Cn1nc(CO)cc1-c1ccc(F)cc1. The van der Waals surface area contributed by atoms with Crippen molar-refractivity contribution in [1.29, 1.82) is 0 Å². The fraction of sp³-hybridized carbons (Fsp3) is 0.357. The van der Waals surface area contributed by atoms with E-state index in [0.29, 0.717) is 11.6 Å². The van der Waals surface area contributed by atoms with Gasteiger partial charge in [0.2, 0.25) is 0 Å². The predicted octanol–water partition coefficient (Wildman–Crippen LogP) is 2.84. The van der Waals surface area contributed by atoms with Gasteiger partial charge in [0.15, 0.2) is 0 Å². The van der Waals surface area contributed by atoms with Crippen molar-refractivity contribution < 1.29 is 9.50 Å². The molecule has 1 aromatic heterocycles. The highest BCUT2D eigenvalue weighted by atomic mass is 19.1. The van der Waals surface area contributed by atoms with Gasteiger partial charge in [-0.2, -0.15) is 5.10 Å². The molecule has 0 aliphatic carbocycles. The molecule has 0 saturated carbocycles. The molecule has 1 heterocycles. The summed E-state index contributed by atoms with van der Waals surface area (Å²) in [5.74, 6) is 0.201. The molecule has 4 heteroatoms. The Balaban J connectivity index is 2.41. The van der Waals surface area contributed by atoms with Gasteiger partial charge in [-0.3, -0.25) is 4.68 Å². The highest BCUT2D eigenvalue weighted by molar-refractivity contribution is 5.59. The van der Waals surface area contributed by atoms with Crippen molar-refractivity contribution in [3.8, 4) is 11.3 Å². The van der Waals surface area contributed by atoms with Gasteiger partial charge in [0, 0.05) is 6.54 Å². The van der Waals surface area contributed by atoms with E-state index in [1.807, 2.05) is 10.7 Å². The zero-order valence-corrected chi connectivity index (χ0v) is 10.6. The van der Waals surface area contributed by atoms with Gasteiger partial charge in [0.05, 0.1) is 18.0 Å². The van der Waals surface area contributed by atoms with Crippen molar-refractivity contribution in [3.63, 3.8) is 0 Å². The van der Waals surface area contributed by atoms with Crippen molar-refractivity contribution in [3.05, 3.63) is 41.8 Å².